The van der Waals surface area contributed by atoms with Crippen LogP contribution in [0, 0.1) is 0 Å². The fourth-order valence-electron chi connectivity index (χ4n) is 9.06. The van der Waals surface area contributed by atoms with Crippen molar-refractivity contribution in [2.24, 2.45) is 0 Å². The molecule has 0 rings (SSSR count). The summed E-state index contributed by atoms with van der Waals surface area (Å²) in [6.07, 6.45) is 64.0. The Hall–Kier alpha value is -1.36. The topological polar surface area (TPSA) is 75.6 Å². The van der Waals surface area contributed by atoms with Gasteiger partial charge in [-0.3, -0.25) is 9.59 Å². The van der Waals surface area contributed by atoms with Gasteiger partial charge in [-0.1, -0.05) is 303 Å². The van der Waals surface area contributed by atoms with Crippen molar-refractivity contribution in [1.29, 1.82) is 0 Å². The predicted molar refractivity (Wildman–Crippen MR) is 277 cm³/mol. The molecule has 0 spiro atoms. The van der Waals surface area contributed by atoms with E-state index in [0.29, 0.717) is 12.8 Å². The first kappa shape index (κ1) is 61.6. The molecule has 0 aliphatic heterocycles. The largest absolute Gasteiger partial charge is 0.463 e. The lowest BCUT2D eigenvalue weighted by Gasteiger charge is -2.22. The van der Waals surface area contributed by atoms with Crippen LogP contribution in [0.4, 0.5) is 0 Å². The van der Waals surface area contributed by atoms with Gasteiger partial charge < -0.3 is 15.2 Å². The smallest absolute Gasteiger partial charge is 0.305 e. The van der Waals surface area contributed by atoms with Crippen LogP contribution in [0.25, 0.3) is 0 Å². The number of ether oxygens (including phenoxy) is 1. The van der Waals surface area contributed by atoms with Crippen molar-refractivity contribution >= 4 is 11.9 Å². The lowest BCUT2D eigenvalue weighted by atomic mass is 10.0. The summed E-state index contributed by atoms with van der Waals surface area (Å²) >= 11 is 0. The van der Waals surface area contributed by atoms with Crippen LogP contribution in [0.2, 0.25) is 0 Å². The number of amides is 1. The molecule has 0 heterocycles. The molecule has 0 aromatic rings. The number of hydrogen-bond donors (Lipinski definition) is 2. The van der Waals surface area contributed by atoms with E-state index in [-0.39, 0.29) is 18.5 Å². The molecule has 0 fully saturated rings. The van der Waals surface area contributed by atoms with Crippen LogP contribution in [0.5, 0.6) is 0 Å². The Morgan fingerprint density at radius 2 is 0.667 bits per heavy atom. The van der Waals surface area contributed by atoms with Crippen molar-refractivity contribution in [3.63, 3.8) is 0 Å². The number of aliphatic hydroxyl groups is 1. The second-order valence-electron chi connectivity index (χ2n) is 19.9. The molecule has 5 nitrogen and oxygen atoms in total. The van der Waals surface area contributed by atoms with E-state index < -0.39 is 12.1 Å². The van der Waals surface area contributed by atoms with Crippen molar-refractivity contribution in [2.75, 3.05) is 6.61 Å². The van der Waals surface area contributed by atoms with Gasteiger partial charge in [-0.15, -0.1) is 0 Å². The van der Waals surface area contributed by atoms with Crippen LogP contribution in [-0.4, -0.2) is 35.7 Å². The first-order chi connectivity index (χ1) is 31.0. The highest BCUT2D eigenvalue weighted by Gasteiger charge is 2.21. The molecule has 1 amide bonds. The maximum absolute atomic E-state index is 13.0. The molecular weight excluding hydrogens is 775 g/mol. The number of carbonyl (C=O) groups is 2. The Balaban J connectivity index is 4.26. The molecule has 2 atom stereocenters. The van der Waals surface area contributed by atoms with Crippen molar-refractivity contribution in [3.8, 4) is 0 Å². The van der Waals surface area contributed by atoms with E-state index in [0.717, 1.165) is 38.5 Å². The van der Waals surface area contributed by atoms with Gasteiger partial charge in [-0.25, -0.2) is 0 Å². The Morgan fingerprint density at radius 3 is 0.984 bits per heavy atom. The van der Waals surface area contributed by atoms with E-state index in [1.807, 2.05) is 6.08 Å². The first-order valence-corrected chi connectivity index (χ1v) is 28.8. The first-order valence-electron chi connectivity index (χ1n) is 28.8. The fraction of sp³-hybridized carbons (Fsp3) is 0.931. The molecule has 5 heteroatoms. The molecule has 0 saturated carbocycles. The van der Waals surface area contributed by atoms with Crippen LogP contribution in [0.1, 0.15) is 329 Å². The Labute approximate surface area is 395 Å². The maximum atomic E-state index is 13.0. The summed E-state index contributed by atoms with van der Waals surface area (Å²) in [6, 6.07) is -0.614. The molecule has 0 saturated heterocycles. The van der Waals surface area contributed by atoms with Crippen LogP contribution in [0.3, 0.4) is 0 Å². The average Bonchev–Trinajstić information content (AvgIpc) is 3.28. The Morgan fingerprint density at radius 1 is 0.397 bits per heavy atom. The summed E-state index contributed by atoms with van der Waals surface area (Å²) in [5.41, 5.74) is 0. The summed E-state index contributed by atoms with van der Waals surface area (Å²) in [5, 5.41) is 14.1. The lowest BCUT2D eigenvalue weighted by molar-refractivity contribution is -0.146. The molecule has 0 aromatic carbocycles. The summed E-state index contributed by atoms with van der Waals surface area (Å²) in [6.45, 7) is 6.86. The Bertz CT molecular complexity index is 936. The number of allylic oxidation sites excluding steroid dienone is 1. The normalized spacial score (nSPS) is 12.6. The van der Waals surface area contributed by atoms with E-state index in [1.165, 1.54) is 257 Å². The van der Waals surface area contributed by atoms with Crippen molar-refractivity contribution in [1.82, 2.24) is 5.32 Å². The van der Waals surface area contributed by atoms with E-state index >= 15 is 0 Å². The number of unbranched alkanes of at least 4 members (excludes halogenated alkanes) is 43. The van der Waals surface area contributed by atoms with Crippen molar-refractivity contribution < 1.29 is 19.4 Å². The molecule has 0 bridgehead atoms. The molecule has 374 valence electrons. The quantitative estimate of drug-likeness (QED) is 0.0362. The van der Waals surface area contributed by atoms with E-state index in [1.54, 1.807) is 6.08 Å². The molecule has 63 heavy (non-hydrogen) atoms. The third kappa shape index (κ3) is 49.9. The van der Waals surface area contributed by atoms with Crippen molar-refractivity contribution in [3.05, 3.63) is 12.2 Å². The van der Waals surface area contributed by atoms with Gasteiger partial charge in [-0.2, -0.15) is 0 Å². The van der Waals surface area contributed by atoms with E-state index in [4.69, 9.17) is 4.74 Å². The van der Waals surface area contributed by atoms with E-state index in [2.05, 4.69) is 26.1 Å². The number of carbonyl (C=O) groups excluding carboxylic acids is 2. The minimum absolute atomic E-state index is 0.0202. The second kappa shape index (κ2) is 53.3. The number of esters is 1. The van der Waals surface area contributed by atoms with Crippen LogP contribution in [-0.2, 0) is 14.3 Å². The lowest BCUT2D eigenvalue weighted by Crippen LogP contribution is -2.46. The third-order valence-electron chi connectivity index (χ3n) is 13.5. The van der Waals surface area contributed by atoms with Gasteiger partial charge in [0.2, 0.25) is 5.91 Å². The third-order valence-corrected chi connectivity index (χ3v) is 13.5. The fourth-order valence-corrected chi connectivity index (χ4v) is 9.06. The monoisotopic (exact) mass is 888 g/mol. The molecule has 0 aliphatic rings. The number of nitrogens with one attached hydrogen (secondary N) is 1. The molecular formula is C58H113NO4. The highest BCUT2D eigenvalue weighted by atomic mass is 16.5. The van der Waals surface area contributed by atoms with Gasteiger partial charge in [0.1, 0.15) is 6.61 Å². The highest BCUT2D eigenvalue weighted by molar-refractivity contribution is 5.76. The van der Waals surface area contributed by atoms with Crippen LogP contribution >= 0.6 is 0 Å². The zero-order valence-corrected chi connectivity index (χ0v) is 43.1. The number of hydrogen-bond acceptors (Lipinski definition) is 4. The summed E-state index contributed by atoms with van der Waals surface area (Å²) in [5.74, 6) is -0.276. The van der Waals surface area contributed by atoms with Gasteiger partial charge in [-0.05, 0) is 25.7 Å². The predicted octanol–water partition coefficient (Wildman–Crippen LogP) is 18.7. The standard InChI is InChI=1S/C58H113NO4/c1-4-7-10-13-16-19-22-25-26-27-28-29-30-31-32-35-38-41-44-47-50-53-58(62)63-54-55(56(60)51-48-45-42-39-36-33-23-20-17-14-11-8-5-2)59-57(61)52-49-46-43-40-37-34-24-21-18-15-12-9-6-3/h48,51,55-56,60H,4-47,49-50,52-54H2,1-3H3,(H,59,61)/b51-48+/t55-,56+/m0/s1. The van der Waals surface area contributed by atoms with Gasteiger partial charge >= 0.3 is 5.97 Å². The van der Waals surface area contributed by atoms with Gasteiger partial charge in [0.15, 0.2) is 0 Å². The average molecular weight is 889 g/mol. The SMILES string of the molecule is CCCCCCCCCCCCC/C=C/[C@@H](O)[C@H](COC(=O)CCCCCCCCCCCCCCCCCCCCCCC)NC(=O)CCCCCCCCCCCCCCC. The van der Waals surface area contributed by atoms with Crippen molar-refractivity contribution in [2.45, 2.75) is 341 Å². The molecule has 0 radical (unpaired) electrons. The number of aliphatic hydroxyl groups excluding tert-OH is 1. The minimum atomic E-state index is -0.870. The molecule has 0 aliphatic carbocycles. The summed E-state index contributed by atoms with van der Waals surface area (Å²) < 4.78 is 5.66. The Kier molecular flexibility index (Phi) is 52.1. The van der Waals surface area contributed by atoms with Gasteiger partial charge in [0.25, 0.3) is 0 Å². The van der Waals surface area contributed by atoms with E-state index in [9.17, 15) is 14.7 Å². The van der Waals surface area contributed by atoms with Crippen LogP contribution in [0.15, 0.2) is 12.2 Å². The van der Waals surface area contributed by atoms with Crippen LogP contribution < -0.4 is 5.32 Å². The maximum Gasteiger partial charge on any atom is 0.305 e. The van der Waals surface area contributed by atoms with Gasteiger partial charge in [0.05, 0.1) is 12.1 Å². The molecule has 0 unspecified atom stereocenters. The number of rotatable bonds is 53. The molecule has 2 N–H and O–H groups in total. The summed E-state index contributed by atoms with van der Waals surface area (Å²) in [7, 11) is 0. The van der Waals surface area contributed by atoms with Gasteiger partial charge in [0, 0.05) is 12.8 Å². The second-order valence-corrected chi connectivity index (χ2v) is 19.9. The zero-order valence-electron chi connectivity index (χ0n) is 43.1. The zero-order chi connectivity index (χ0) is 45.8. The minimum Gasteiger partial charge on any atom is -0.463 e. The molecule has 0 aromatic heterocycles. The summed E-state index contributed by atoms with van der Waals surface area (Å²) in [4.78, 5) is 25.7. The highest BCUT2D eigenvalue weighted by Crippen LogP contribution is 2.17.